The number of ether oxygens (including phenoxy) is 1. The van der Waals surface area contributed by atoms with Crippen molar-refractivity contribution in [2.24, 2.45) is 12.2 Å². The van der Waals surface area contributed by atoms with Crippen LogP contribution >= 0.6 is 23.2 Å². The lowest BCUT2D eigenvalue weighted by Gasteiger charge is -2.12. The van der Waals surface area contributed by atoms with E-state index in [0.717, 1.165) is 16.7 Å². The molecule has 3 rings (SSSR count). The van der Waals surface area contributed by atoms with E-state index in [4.69, 9.17) is 32.8 Å². The number of aromatic nitrogens is 2. The van der Waals surface area contributed by atoms with Gasteiger partial charge in [-0.05, 0) is 37.1 Å². The van der Waals surface area contributed by atoms with Gasteiger partial charge in [-0.3, -0.25) is 10.00 Å². The van der Waals surface area contributed by atoms with Crippen LogP contribution in [0.25, 0.3) is 11.1 Å². The Bertz CT molecular complexity index is 1150. The second kappa shape index (κ2) is 10.8. The zero-order valence-electron chi connectivity index (χ0n) is 17.8. The normalized spacial score (nSPS) is 11.1. The minimum absolute atomic E-state index is 0.133. The summed E-state index contributed by atoms with van der Waals surface area (Å²) in [6.07, 6.45) is 2.57. The number of carbonyl (C=O) groups is 1. The molecule has 7 nitrogen and oxygen atoms in total. The van der Waals surface area contributed by atoms with Crippen LogP contribution in [0.3, 0.4) is 0 Å². The zero-order chi connectivity index (χ0) is 23.1. The maximum atomic E-state index is 12.4. The SMILES string of the molecule is CC(=NOCC=C(Cl)Cl)c1ccc(-c2ccccc2NC(=O)Oc2cn(C)nc2C)cc1. The van der Waals surface area contributed by atoms with E-state index in [0.29, 0.717) is 22.8 Å². The molecule has 0 unspecified atom stereocenters. The van der Waals surface area contributed by atoms with Crippen LogP contribution in [-0.2, 0) is 11.9 Å². The molecule has 0 bridgehead atoms. The van der Waals surface area contributed by atoms with Gasteiger partial charge in [0.15, 0.2) is 5.75 Å². The van der Waals surface area contributed by atoms with Crippen LogP contribution in [0.1, 0.15) is 18.2 Å². The van der Waals surface area contributed by atoms with Gasteiger partial charge in [-0.1, -0.05) is 70.8 Å². The van der Waals surface area contributed by atoms with Crippen molar-refractivity contribution in [3.05, 3.63) is 76.6 Å². The molecular weight excluding hydrogens is 451 g/mol. The largest absolute Gasteiger partial charge is 0.417 e. The number of aryl methyl sites for hydroxylation is 2. The van der Waals surface area contributed by atoms with E-state index in [1.165, 1.54) is 6.08 Å². The zero-order valence-corrected chi connectivity index (χ0v) is 19.3. The van der Waals surface area contributed by atoms with Crippen molar-refractivity contribution in [2.45, 2.75) is 13.8 Å². The summed E-state index contributed by atoms with van der Waals surface area (Å²) in [6.45, 7) is 3.80. The Balaban J connectivity index is 1.72. The molecule has 166 valence electrons. The second-order valence-corrected chi connectivity index (χ2v) is 7.86. The van der Waals surface area contributed by atoms with E-state index in [2.05, 4.69) is 15.6 Å². The number of amides is 1. The van der Waals surface area contributed by atoms with Gasteiger partial charge >= 0.3 is 6.09 Å². The van der Waals surface area contributed by atoms with Crippen molar-refractivity contribution >= 4 is 40.7 Å². The molecule has 32 heavy (non-hydrogen) atoms. The highest BCUT2D eigenvalue weighted by atomic mass is 35.5. The highest BCUT2D eigenvalue weighted by Crippen LogP contribution is 2.28. The summed E-state index contributed by atoms with van der Waals surface area (Å²) in [5.74, 6) is 0.410. The summed E-state index contributed by atoms with van der Waals surface area (Å²) in [4.78, 5) is 17.6. The predicted octanol–water partition coefficient (Wildman–Crippen LogP) is 6.07. The Labute approximate surface area is 196 Å². The summed E-state index contributed by atoms with van der Waals surface area (Å²) < 4.78 is 7.11. The third-order valence-electron chi connectivity index (χ3n) is 4.46. The smallest absolute Gasteiger partial charge is 0.406 e. The summed E-state index contributed by atoms with van der Waals surface area (Å²) >= 11 is 11.1. The number of carbonyl (C=O) groups excluding carboxylic acids is 1. The van der Waals surface area contributed by atoms with E-state index in [1.807, 2.05) is 55.5 Å². The maximum absolute atomic E-state index is 12.4. The van der Waals surface area contributed by atoms with Crippen molar-refractivity contribution in [1.82, 2.24) is 9.78 Å². The average Bonchev–Trinajstić information content (AvgIpc) is 3.07. The summed E-state index contributed by atoms with van der Waals surface area (Å²) in [7, 11) is 1.77. The molecule has 0 radical (unpaired) electrons. The average molecular weight is 473 g/mol. The Hall–Kier alpha value is -3.29. The lowest BCUT2D eigenvalue weighted by Crippen LogP contribution is -2.17. The van der Waals surface area contributed by atoms with E-state index < -0.39 is 6.09 Å². The van der Waals surface area contributed by atoms with Gasteiger partial charge in [0.05, 0.1) is 17.6 Å². The van der Waals surface area contributed by atoms with Crippen molar-refractivity contribution in [3.63, 3.8) is 0 Å². The maximum Gasteiger partial charge on any atom is 0.417 e. The van der Waals surface area contributed by atoms with E-state index in [-0.39, 0.29) is 11.1 Å². The molecule has 0 spiro atoms. The van der Waals surface area contributed by atoms with Gasteiger partial charge in [0.25, 0.3) is 0 Å². The van der Waals surface area contributed by atoms with Gasteiger partial charge in [0, 0.05) is 12.6 Å². The molecule has 2 aromatic carbocycles. The fraction of sp³-hybridized carbons (Fsp3) is 0.174. The fourth-order valence-electron chi connectivity index (χ4n) is 2.94. The minimum atomic E-state index is -0.587. The summed E-state index contributed by atoms with van der Waals surface area (Å²) in [5.41, 5.74) is 4.64. The molecule has 0 atom stereocenters. The van der Waals surface area contributed by atoms with Crippen LogP contribution in [0.4, 0.5) is 10.5 Å². The predicted molar refractivity (Wildman–Crippen MR) is 127 cm³/mol. The van der Waals surface area contributed by atoms with E-state index >= 15 is 0 Å². The molecule has 0 aliphatic heterocycles. The Morgan fingerprint density at radius 3 is 2.56 bits per heavy atom. The second-order valence-electron chi connectivity index (χ2n) is 6.86. The first-order valence-corrected chi connectivity index (χ1v) is 10.5. The number of hydrogen-bond acceptors (Lipinski definition) is 5. The van der Waals surface area contributed by atoms with Crippen molar-refractivity contribution < 1.29 is 14.4 Å². The molecule has 1 amide bonds. The molecule has 0 saturated carbocycles. The van der Waals surface area contributed by atoms with Crippen LogP contribution in [0.15, 0.2) is 70.5 Å². The van der Waals surface area contributed by atoms with Gasteiger partial charge in [0.2, 0.25) is 0 Å². The minimum Gasteiger partial charge on any atom is -0.406 e. The number of halogens is 2. The number of hydrogen-bond donors (Lipinski definition) is 1. The van der Waals surface area contributed by atoms with E-state index in [1.54, 1.807) is 24.9 Å². The van der Waals surface area contributed by atoms with Gasteiger partial charge in [0.1, 0.15) is 16.8 Å². The lowest BCUT2D eigenvalue weighted by atomic mass is 10.0. The van der Waals surface area contributed by atoms with Gasteiger partial charge in [-0.25, -0.2) is 4.79 Å². The molecule has 0 aliphatic carbocycles. The van der Waals surface area contributed by atoms with Crippen LogP contribution in [0.5, 0.6) is 5.75 Å². The van der Waals surface area contributed by atoms with Crippen LogP contribution in [-0.4, -0.2) is 28.2 Å². The molecule has 0 aliphatic rings. The Kier molecular flexibility index (Phi) is 7.92. The fourth-order valence-corrected chi connectivity index (χ4v) is 3.06. The van der Waals surface area contributed by atoms with Crippen LogP contribution < -0.4 is 10.1 Å². The van der Waals surface area contributed by atoms with Crippen molar-refractivity contribution in [2.75, 3.05) is 11.9 Å². The van der Waals surface area contributed by atoms with Crippen LogP contribution in [0, 0.1) is 6.92 Å². The number of para-hydroxylation sites is 1. The molecule has 0 fully saturated rings. The molecule has 3 aromatic rings. The molecule has 1 heterocycles. The number of oxime groups is 1. The molecule has 1 aromatic heterocycles. The summed E-state index contributed by atoms with van der Waals surface area (Å²) in [5, 5.41) is 11.0. The Morgan fingerprint density at radius 2 is 1.91 bits per heavy atom. The number of anilines is 1. The first-order chi connectivity index (χ1) is 15.3. The van der Waals surface area contributed by atoms with Crippen LogP contribution in [0.2, 0.25) is 0 Å². The molecular formula is C23H22Cl2N4O3. The molecule has 0 saturated heterocycles. The summed E-state index contributed by atoms with van der Waals surface area (Å²) in [6, 6.07) is 15.2. The van der Waals surface area contributed by atoms with Gasteiger partial charge < -0.3 is 9.57 Å². The van der Waals surface area contributed by atoms with Gasteiger partial charge in [-0.2, -0.15) is 5.10 Å². The van der Waals surface area contributed by atoms with Crippen molar-refractivity contribution in [3.8, 4) is 16.9 Å². The molecule has 9 heteroatoms. The molecule has 1 N–H and O–H groups in total. The topological polar surface area (TPSA) is 77.7 Å². The van der Waals surface area contributed by atoms with E-state index in [9.17, 15) is 4.79 Å². The quantitative estimate of drug-likeness (QED) is 0.257. The standard InChI is InChI=1S/C23H22Cl2N4O3/c1-15(28-31-13-12-22(24)25)17-8-10-18(11-9-17)19-6-4-5-7-20(19)26-23(30)32-21-14-29(3)27-16(21)2/h4-12,14H,13H2,1-3H3,(H,26,30). The van der Waals surface area contributed by atoms with Crippen molar-refractivity contribution in [1.29, 1.82) is 0 Å². The number of benzene rings is 2. The van der Waals surface area contributed by atoms with Gasteiger partial charge in [-0.15, -0.1) is 0 Å². The number of rotatable bonds is 7. The highest BCUT2D eigenvalue weighted by molar-refractivity contribution is 6.55. The number of nitrogens with zero attached hydrogens (tertiary/aromatic N) is 3. The third kappa shape index (κ3) is 6.35. The third-order valence-corrected chi connectivity index (χ3v) is 4.77. The first-order valence-electron chi connectivity index (χ1n) is 9.70. The first kappa shape index (κ1) is 23.4. The Morgan fingerprint density at radius 1 is 1.19 bits per heavy atom. The number of nitrogens with one attached hydrogen (secondary N) is 1. The lowest BCUT2D eigenvalue weighted by molar-refractivity contribution is 0.174. The monoisotopic (exact) mass is 472 g/mol. The highest BCUT2D eigenvalue weighted by Gasteiger charge is 2.13.